The normalized spacial score (nSPS) is 26.8. The van der Waals surface area contributed by atoms with E-state index in [0.29, 0.717) is 19.3 Å². The molecule has 17 heteroatoms. The molecule has 14 nitrogen and oxygen atoms in total. The van der Waals surface area contributed by atoms with E-state index < -0.39 is 68.2 Å². The molecule has 4 aliphatic rings. The molecule has 5 atom stereocenters. The second kappa shape index (κ2) is 13.5. The molecular formula is C30H42Cl2N6O8S. The van der Waals surface area contributed by atoms with Crippen LogP contribution >= 0.6 is 23.2 Å². The summed E-state index contributed by atoms with van der Waals surface area (Å²) in [4.78, 5) is 63.8. The highest BCUT2D eigenvalue weighted by Crippen LogP contribution is 2.47. The van der Waals surface area contributed by atoms with Crippen LogP contribution in [0.3, 0.4) is 0 Å². The second-order valence-corrected chi connectivity index (χ2v) is 16.7. The van der Waals surface area contributed by atoms with Crippen molar-refractivity contribution < 1.29 is 37.1 Å². The number of nitrogens with zero attached hydrogens (tertiary/aromatic N) is 3. The van der Waals surface area contributed by atoms with Crippen molar-refractivity contribution in [3.05, 3.63) is 16.5 Å². The van der Waals surface area contributed by atoms with Crippen molar-refractivity contribution in [3.8, 4) is 5.88 Å². The Morgan fingerprint density at radius 1 is 1.09 bits per heavy atom. The van der Waals surface area contributed by atoms with Gasteiger partial charge < -0.3 is 25.0 Å². The molecule has 1 aromatic rings. The first-order chi connectivity index (χ1) is 22.0. The summed E-state index contributed by atoms with van der Waals surface area (Å²) in [5, 5.41) is 4.79. The van der Waals surface area contributed by atoms with Crippen molar-refractivity contribution in [3.63, 3.8) is 0 Å². The number of alkyl carbamates (subject to hydrolysis) is 1. The summed E-state index contributed by atoms with van der Waals surface area (Å²) in [6, 6.07) is -0.874. The van der Waals surface area contributed by atoms with Crippen molar-refractivity contribution in [2.45, 2.75) is 121 Å². The third-order valence-electron chi connectivity index (χ3n) is 9.28. The highest BCUT2D eigenvalue weighted by molar-refractivity contribution is 7.91. The molecule has 1 saturated heterocycles. The summed E-state index contributed by atoms with van der Waals surface area (Å²) >= 11 is 12.0. The molecular weight excluding hydrogens is 675 g/mol. The lowest BCUT2D eigenvalue weighted by Crippen LogP contribution is -2.60. The number of ether oxygens (including phenoxy) is 2. The van der Waals surface area contributed by atoms with Crippen LogP contribution in [0.5, 0.6) is 5.88 Å². The Kier molecular flexibility index (Phi) is 10.2. The maximum Gasteiger partial charge on any atom is 0.408 e. The highest BCUT2D eigenvalue weighted by atomic mass is 35.5. The van der Waals surface area contributed by atoms with Crippen molar-refractivity contribution in [2.24, 2.45) is 11.3 Å². The molecule has 47 heavy (non-hydrogen) atoms. The fraction of sp³-hybridized carbons (Fsp3) is 0.733. The number of carbonyl (C=O) groups excluding carboxylic acids is 4. The lowest BCUT2D eigenvalue weighted by molar-refractivity contribution is -0.143. The van der Waals surface area contributed by atoms with Gasteiger partial charge in [-0.25, -0.2) is 18.2 Å². The summed E-state index contributed by atoms with van der Waals surface area (Å²) in [6.45, 7) is 7.12. The Balaban J connectivity index is 1.38. The lowest BCUT2D eigenvalue weighted by Gasteiger charge is -2.35. The molecule has 1 aromatic heterocycles. The maximum absolute atomic E-state index is 14.3. The van der Waals surface area contributed by atoms with E-state index in [4.69, 9.17) is 32.7 Å². The van der Waals surface area contributed by atoms with E-state index >= 15 is 0 Å². The second-order valence-electron chi connectivity index (χ2n) is 14.0. The average molecular weight is 718 g/mol. The van der Waals surface area contributed by atoms with E-state index in [1.165, 1.54) is 11.0 Å². The summed E-state index contributed by atoms with van der Waals surface area (Å²) in [7, 11) is -3.86. The standard InChI is InChI=1S/C30H42Cl2N6O8S/c1-5-16-14-30(16,26(41)37-47(43,44)19-10-11-19)36-24(39)20-12-18(45-22-13-21(31)33-27(32)34-22)15-38(20)25(40)23(29(2,3)4)35-28(42)46-17-8-6-7-9-17/h13,16-20,23H,5-12,14-15H2,1-4H3,(H,35,42)(H,36,39)(H,37,41)/t16-,18-,20+,23-,30-/m1/s1. The van der Waals surface area contributed by atoms with E-state index in [2.05, 4.69) is 25.3 Å². The number of sulfonamides is 1. The van der Waals surface area contributed by atoms with Gasteiger partial charge in [-0.15, -0.1) is 0 Å². The van der Waals surface area contributed by atoms with Crippen LogP contribution in [0.25, 0.3) is 0 Å². The van der Waals surface area contributed by atoms with Crippen molar-refractivity contribution >= 4 is 57.0 Å². The molecule has 5 rings (SSSR count). The highest BCUT2D eigenvalue weighted by Gasteiger charge is 2.62. The molecule has 0 unspecified atom stereocenters. The fourth-order valence-electron chi connectivity index (χ4n) is 6.40. The number of rotatable bonds is 11. The molecule has 1 aliphatic heterocycles. The number of likely N-dealkylation sites (tertiary alicyclic amines) is 1. The molecule has 3 N–H and O–H groups in total. The largest absolute Gasteiger partial charge is 0.472 e. The maximum atomic E-state index is 14.3. The molecule has 0 aromatic carbocycles. The average Bonchev–Trinajstić information content (AvgIpc) is 3.85. The number of aromatic nitrogens is 2. The number of hydrogen-bond acceptors (Lipinski definition) is 10. The molecule has 3 aliphatic carbocycles. The number of amides is 4. The van der Waals surface area contributed by atoms with E-state index in [-0.39, 0.29) is 47.7 Å². The molecule has 4 amide bonds. The number of nitrogens with one attached hydrogen (secondary N) is 3. The van der Waals surface area contributed by atoms with Gasteiger partial charge >= 0.3 is 6.09 Å². The Morgan fingerprint density at radius 2 is 1.77 bits per heavy atom. The summed E-state index contributed by atoms with van der Waals surface area (Å²) < 4.78 is 38.9. The minimum atomic E-state index is -3.86. The Morgan fingerprint density at radius 3 is 2.34 bits per heavy atom. The van der Waals surface area contributed by atoms with E-state index in [9.17, 15) is 27.6 Å². The zero-order chi connectivity index (χ0) is 34.3. The van der Waals surface area contributed by atoms with Gasteiger partial charge in [-0.05, 0) is 67.9 Å². The predicted molar refractivity (Wildman–Crippen MR) is 171 cm³/mol. The topological polar surface area (TPSA) is 186 Å². The van der Waals surface area contributed by atoms with Crippen LogP contribution in [0.4, 0.5) is 4.79 Å². The van der Waals surface area contributed by atoms with Gasteiger partial charge in [-0.2, -0.15) is 4.98 Å². The monoisotopic (exact) mass is 716 g/mol. The molecule has 2 heterocycles. The van der Waals surface area contributed by atoms with Crippen LogP contribution in [0.15, 0.2) is 6.07 Å². The molecule has 0 radical (unpaired) electrons. The zero-order valence-corrected chi connectivity index (χ0v) is 29.2. The number of halogens is 2. The predicted octanol–water partition coefficient (Wildman–Crippen LogP) is 3.11. The molecule has 4 fully saturated rings. The van der Waals surface area contributed by atoms with Crippen LogP contribution in [0, 0.1) is 11.3 Å². The van der Waals surface area contributed by atoms with Crippen LogP contribution in [-0.4, -0.2) is 88.7 Å². The first kappa shape index (κ1) is 35.4. The van der Waals surface area contributed by atoms with Gasteiger partial charge in [0.05, 0.1) is 11.8 Å². The van der Waals surface area contributed by atoms with Gasteiger partial charge in [0, 0.05) is 12.5 Å². The van der Waals surface area contributed by atoms with Gasteiger partial charge in [0.25, 0.3) is 5.91 Å². The smallest absolute Gasteiger partial charge is 0.408 e. The fourth-order valence-corrected chi connectivity index (χ4v) is 8.15. The van der Waals surface area contributed by atoms with Crippen molar-refractivity contribution in [2.75, 3.05) is 6.54 Å². The summed E-state index contributed by atoms with van der Waals surface area (Å²) in [6.07, 6.45) is 3.42. The molecule has 0 bridgehead atoms. The molecule has 3 saturated carbocycles. The third-order valence-corrected chi connectivity index (χ3v) is 11.5. The minimum absolute atomic E-state index is 0.00490. The van der Waals surface area contributed by atoms with E-state index in [0.717, 1.165) is 25.7 Å². The van der Waals surface area contributed by atoms with Crippen LogP contribution in [-0.2, 0) is 29.1 Å². The first-order valence-corrected chi connectivity index (χ1v) is 18.3. The Labute approximate surface area is 284 Å². The van der Waals surface area contributed by atoms with E-state index in [1.54, 1.807) is 20.8 Å². The first-order valence-electron chi connectivity index (χ1n) is 16.0. The SMILES string of the molecule is CC[C@@H]1C[C@]1(NC(=O)[C@@H]1C[C@@H](Oc2cc(Cl)nc(Cl)n2)CN1C(=O)[C@@H](NC(=O)OC1CCCC1)C(C)(C)C)C(=O)NS(=O)(=O)C1CC1. The lowest BCUT2D eigenvalue weighted by atomic mass is 9.85. The number of carbonyl (C=O) groups is 4. The minimum Gasteiger partial charge on any atom is -0.472 e. The summed E-state index contributed by atoms with van der Waals surface area (Å²) in [5.74, 6) is -2.25. The Hall–Kier alpha value is -2.91. The zero-order valence-electron chi connectivity index (χ0n) is 26.9. The summed E-state index contributed by atoms with van der Waals surface area (Å²) in [5.41, 5.74) is -2.23. The van der Waals surface area contributed by atoms with Crippen LogP contribution in [0.2, 0.25) is 10.4 Å². The van der Waals surface area contributed by atoms with Gasteiger partial charge in [0.15, 0.2) is 0 Å². The van der Waals surface area contributed by atoms with Gasteiger partial charge in [0.1, 0.15) is 35.0 Å². The van der Waals surface area contributed by atoms with Gasteiger partial charge in [-0.3, -0.25) is 19.1 Å². The van der Waals surface area contributed by atoms with Crippen LogP contribution < -0.4 is 20.1 Å². The number of hydrogen-bond donors (Lipinski definition) is 3. The molecule has 260 valence electrons. The van der Waals surface area contributed by atoms with E-state index in [1.807, 2.05) is 6.92 Å². The molecule has 0 spiro atoms. The Bertz CT molecular complexity index is 1490. The van der Waals surface area contributed by atoms with Crippen LogP contribution in [0.1, 0.15) is 85.5 Å². The third kappa shape index (κ3) is 8.22. The van der Waals surface area contributed by atoms with Crippen molar-refractivity contribution in [1.29, 1.82) is 0 Å². The quantitative estimate of drug-likeness (QED) is 0.227. The van der Waals surface area contributed by atoms with Crippen molar-refractivity contribution in [1.82, 2.24) is 30.2 Å². The van der Waals surface area contributed by atoms with Gasteiger partial charge in [-0.1, -0.05) is 45.7 Å². The van der Waals surface area contributed by atoms with Gasteiger partial charge in [0.2, 0.25) is 33.0 Å².